The molecule has 0 heterocycles. The molecule has 1 aromatic carbocycles. The van der Waals surface area contributed by atoms with Crippen molar-refractivity contribution in [3.63, 3.8) is 0 Å². The van der Waals surface area contributed by atoms with E-state index in [0.717, 1.165) is 0 Å². The van der Waals surface area contributed by atoms with Gasteiger partial charge in [-0.2, -0.15) is 0 Å². The molecular formula is C12H18O4S. The molecular weight excluding hydrogens is 240 g/mol. The van der Waals surface area contributed by atoms with Gasteiger partial charge in [-0.1, -0.05) is 0 Å². The van der Waals surface area contributed by atoms with Crippen LogP contribution < -0.4 is 9.47 Å². The molecule has 0 bridgehead atoms. The number of methoxy groups -OCH3 is 2. The second kappa shape index (κ2) is 4.56. The van der Waals surface area contributed by atoms with Crippen LogP contribution in [0, 0.1) is 0 Å². The highest BCUT2D eigenvalue weighted by Gasteiger charge is 2.33. The van der Waals surface area contributed by atoms with Gasteiger partial charge in [0.25, 0.3) is 0 Å². The van der Waals surface area contributed by atoms with E-state index < -0.39 is 14.6 Å². The molecule has 4 nitrogen and oxygen atoms in total. The molecule has 5 heteroatoms. The molecule has 0 spiro atoms. The van der Waals surface area contributed by atoms with Crippen molar-refractivity contribution in [3.05, 3.63) is 18.2 Å². The molecule has 0 aliphatic rings. The summed E-state index contributed by atoms with van der Waals surface area (Å²) in [6.45, 7) is 4.96. The summed E-state index contributed by atoms with van der Waals surface area (Å²) in [5, 5.41) is 0. The third-order valence-electron chi connectivity index (χ3n) is 2.47. The Hall–Kier alpha value is -1.23. The van der Waals surface area contributed by atoms with Gasteiger partial charge in [0.2, 0.25) is 0 Å². The predicted molar refractivity (Wildman–Crippen MR) is 66.5 cm³/mol. The Morgan fingerprint density at radius 1 is 1.06 bits per heavy atom. The van der Waals surface area contributed by atoms with Gasteiger partial charge in [0.15, 0.2) is 9.84 Å². The maximum atomic E-state index is 12.4. The molecule has 0 aliphatic carbocycles. The van der Waals surface area contributed by atoms with Crippen molar-refractivity contribution < 1.29 is 17.9 Å². The van der Waals surface area contributed by atoms with Gasteiger partial charge < -0.3 is 9.47 Å². The highest BCUT2D eigenvalue weighted by Crippen LogP contribution is 2.34. The summed E-state index contributed by atoms with van der Waals surface area (Å²) in [5.74, 6) is 0.828. The van der Waals surface area contributed by atoms with Crippen molar-refractivity contribution in [1.29, 1.82) is 0 Å². The molecule has 96 valence electrons. The lowest BCUT2D eigenvalue weighted by molar-refractivity contribution is 0.391. The first-order chi connectivity index (χ1) is 7.74. The number of sulfone groups is 1. The van der Waals surface area contributed by atoms with Crippen molar-refractivity contribution >= 4 is 9.84 Å². The number of ether oxygens (including phenoxy) is 2. The van der Waals surface area contributed by atoms with Crippen LogP contribution in [0.25, 0.3) is 0 Å². The first-order valence-corrected chi connectivity index (χ1v) is 6.69. The minimum Gasteiger partial charge on any atom is -0.497 e. The highest BCUT2D eigenvalue weighted by atomic mass is 32.2. The van der Waals surface area contributed by atoms with Crippen LogP contribution in [-0.2, 0) is 9.84 Å². The summed E-state index contributed by atoms with van der Waals surface area (Å²) in [5.41, 5.74) is 0. The van der Waals surface area contributed by atoms with Gasteiger partial charge in [0, 0.05) is 6.07 Å². The molecule has 0 radical (unpaired) electrons. The third-order valence-corrected chi connectivity index (χ3v) is 4.98. The SMILES string of the molecule is COc1ccc(OC)c(S(=O)(=O)C(C)(C)C)c1. The Bertz CT molecular complexity index is 498. The fourth-order valence-corrected chi connectivity index (χ4v) is 2.67. The monoisotopic (exact) mass is 258 g/mol. The third kappa shape index (κ3) is 2.54. The largest absolute Gasteiger partial charge is 0.497 e. The number of hydrogen-bond acceptors (Lipinski definition) is 4. The fraction of sp³-hybridized carbons (Fsp3) is 0.500. The average Bonchev–Trinajstić information content (AvgIpc) is 2.26. The quantitative estimate of drug-likeness (QED) is 0.834. The second-order valence-corrected chi connectivity index (χ2v) is 7.30. The molecule has 0 fully saturated rings. The lowest BCUT2D eigenvalue weighted by atomic mass is 10.3. The van der Waals surface area contributed by atoms with E-state index in [4.69, 9.17) is 9.47 Å². The van der Waals surface area contributed by atoms with E-state index in [1.54, 1.807) is 32.9 Å². The predicted octanol–water partition coefficient (Wildman–Crippen LogP) is 2.28. The standard InChI is InChI=1S/C12H18O4S/c1-12(2,3)17(13,14)11-8-9(15-4)6-7-10(11)16-5/h6-8H,1-5H3. The van der Waals surface area contributed by atoms with Crippen molar-refractivity contribution in [1.82, 2.24) is 0 Å². The van der Waals surface area contributed by atoms with Crippen LogP contribution in [0.15, 0.2) is 23.1 Å². The van der Waals surface area contributed by atoms with Gasteiger partial charge in [0.05, 0.1) is 19.0 Å². The second-order valence-electron chi connectivity index (χ2n) is 4.63. The number of hydrogen-bond donors (Lipinski definition) is 0. The van der Waals surface area contributed by atoms with E-state index in [2.05, 4.69) is 0 Å². The van der Waals surface area contributed by atoms with Crippen molar-refractivity contribution in [2.45, 2.75) is 30.4 Å². The summed E-state index contributed by atoms with van der Waals surface area (Å²) in [4.78, 5) is 0.159. The molecule has 0 N–H and O–H groups in total. The van der Waals surface area contributed by atoms with Gasteiger partial charge in [-0.3, -0.25) is 0 Å². The molecule has 0 amide bonds. The van der Waals surface area contributed by atoms with Crippen molar-refractivity contribution in [2.24, 2.45) is 0 Å². The van der Waals surface area contributed by atoms with Crippen molar-refractivity contribution in [2.75, 3.05) is 14.2 Å². The molecule has 0 aliphatic heterocycles. The average molecular weight is 258 g/mol. The maximum absolute atomic E-state index is 12.4. The number of rotatable bonds is 3. The van der Waals surface area contributed by atoms with Crippen LogP contribution in [0.2, 0.25) is 0 Å². The van der Waals surface area contributed by atoms with Crippen LogP contribution in [0.4, 0.5) is 0 Å². The maximum Gasteiger partial charge on any atom is 0.187 e. The summed E-state index contributed by atoms with van der Waals surface area (Å²) >= 11 is 0. The van der Waals surface area contributed by atoms with E-state index in [1.807, 2.05) is 0 Å². The normalized spacial score (nSPS) is 12.3. The zero-order chi connectivity index (χ0) is 13.3. The minimum absolute atomic E-state index is 0.159. The van der Waals surface area contributed by atoms with E-state index in [0.29, 0.717) is 11.5 Å². The Morgan fingerprint density at radius 2 is 1.65 bits per heavy atom. The van der Waals surface area contributed by atoms with E-state index in [9.17, 15) is 8.42 Å². The number of benzene rings is 1. The zero-order valence-corrected chi connectivity index (χ0v) is 11.6. The molecule has 1 rings (SSSR count). The Labute approximate surface area is 102 Å². The summed E-state index contributed by atoms with van der Waals surface area (Å²) in [6.07, 6.45) is 0. The Morgan fingerprint density at radius 3 is 2.06 bits per heavy atom. The van der Waals surface area contributed by atoms with Crippen molar-refractivity contribution in [3.8, 4) is 11.5 Å². The minimum atomic E-state index is -3.46. The molecule has 1 aromatic rings. The van der Waals surface area contributed by atoms with E-state index in [1.165, 1.54) is 20.3 Å². The Kier molecular flexibility index (Phi) is 3.71. The first kappa shape index (κ1) is 13.8. The molecule has 17 heavy (non-hydrogen) atoms. The molecule has 0 aromatic heterocycles. The lowest BCUT2D eigenvalue weighted by Gasteiger charge is -2.21. The van der Waals surface area contributed by atoms with Gasteiger partial charge in [-0.25, -0.2) is 8.42 Å². The summed E-state index contributed by atoms with van der Waals surface area (Å²) in [6, 6.07) is 4.75. The molecule has 0 unspecified atom stereocenters. The van der Waals surface area contributed by atoms with E-state index >= 15 is 0 Å². The van der Waals surface area contributed by atoms with Crippen LogP contribution in [0.3, 0.4) is 0 Å². The fourth-order valence-electron chi connectivity index (χ4n) is 1.32. The highest BCUT2D eigenvalue weighted by molar-refractivity contribution is 7.92. The topological polar surface area (TPSA) is 52.6 Å². The summed E-state index contributed by atoms with van der Waals surface area (Å²) < 4.78 is 34.0. The zero-order valence-electron chi connectivity index (χ0n) is 10.8. The van der Waals surface area contributed by atoms with Gasteiger partial charge >= 0.3 is 0 Å². The smallest absolute Gasteiger partial charge is 0.187 e. The van der Waals surface area contributed by atoms with Gasteiger partial charge in [0.1, 0.15) is 16.4 Å². The summed E-state index contributed by atoms with van der Waals surface area (Å²) in [7, 11) is -0.514. The molecule has 0 saturated carbocycles. The Balaban J connectivity index is 3.49. The lowest BCUT2D eigenvalue weighted by Crippen LogP contribution is -2.28. The van der Waals surface area contributed by atoms with Crippen LogP contribution in [0.1, 0.15) is 20.8 Å². The first-order valence-electron chi connectivity index (χ1n) is 5.20. The van der Waals surface area contributed by atoms with Crippen LogP contribution in [0.5, 0.6) is 11.5 Å². The molecule has 0 saturated heterocycles. The molecule has 0 atom stereocenters. The van der Waals surface area contributed by atoms with Gasteiger partial charge in [-0.05, 0) is 32.9 Å². The van der Waals surface area contributed by atoms with Crippen LogP contribution in [-0.4, -0.2) is 27.4 Å². The van der Waals surface area contributed by atoms with Crippen LogP contribution >= 0.6 is 0 Å². The van der Waals surface area contributed by atoms with Gasteiger partial charge in [-0.15, -0.1) is 0 Å². The van der Waals surface area contributed by atoms with E-state index in [-0.39, 0.29) is 4.90 Å².